The average molecular weight is 423 g/mol. The van der Waals surface area contributed by atoms with Crippen molar-refractivity contribution in [1.82, 2.24) is 14.9 Å². The van der Waals surface area contributed by atoms with Gasteiger partial charge in [0, 0.05) is 24.8 Å². The third-order valence-corrected chi connectivity index (χ3v) is 3.62. The van der Waals surface area contributed by atoms with Crippen LogP contribution >= 0.6 is 35.6 Å². The number of nitrogen functional groups attached to an aromatic ring is 1. The maximum absolute atomic E-state index is 5.89. The van der Waals surface area contributed by atoms with Crippen LogP contribution in [0.25, 0.3) is 0 Å². The van der Waals surface area contributed by atoms with Crippen LogP contribution in [0.1, 0.15) is 12.5 Å². The van der Waals surface area contributed by atoms with Gasteiger partial charge in [0.05, 0.1) is 18.5 Å². The monoisotopic (exact) mass is 421 g/mol. The summed E-state index contributed by atoms with van der Waals surface area (Å²) in [6.07, 6.45) is 3.02. The summed E-state index contributed by atoms with van der Waals surface area (Å²) in [5.41, 5.74) is 4.53. The molecule has 26 heavy (non-hydrogen) atoms. The lowest BCUT2D eigenvalue weighted by atomic mass is 10.2. The van der Waals surface area contributed by atoms with Crippen LogP contribution in [-0.2, 0) is 0 Å². The van der Waals surface area contributed by atoms with Gasteiger partial charge in [0.1, 0.15) is 12.1 Å². The Hall–Kier alpha value is -1.90. The van der Waals surface area contributed by atoms with E-state index < -0.39 is 0 Å². The maximum atomic E-state index is 5.89. The van der Waals surface area contributed by atoms with Crippen LogP contribution in [-0.4, -0.2) is 52.5 Å². The molecule has 0 aliphatic carbocycles. The predicted octanol–water partition coefficient (Wildman–Crippen LogP) is 2.54. The molecule has 2 aromatic rings. The van der Waals surface area contributed by atoms with E-state index in [1.54, 1.807) is 6.21 Å². The van der Waals surface area contributed by atoms with Crippen molar-refractivity contribution in [2.24, 2.45) is 5.10 Å². The molecule has 0 bridgehead atoms. The summed E-state index contributed by atoms with van der Waals surface area (Å²) in [6.45, 7) is 3.87. The Bertz CT molecular complexity index is 690. The molecule has 1 heterocycles. The van der Waals surface area contributed by atoms with Gasteiger partial charge in [-0.1, -0.05) is 6.07 Å². The first kappa shape index (κ1) is 22.1. The zero-order valence-corrected chi connectivity index (χ0v) is 16.6. The van der Waals surface area contributed by atoms with Gasteiger partial charge in [-0.25, -0.2) is 10.1 Å². The van der Waals surface area contributed by atoms with Crippen molar-refractivity contribution in [3.8, 4) is 5.75 Å². The van der Waals surface area contributed by atoms with Crippen molar-refractivity contribution >= 4 is 53.5 Å². The van der Waals surface area contributed by atoms with Gasteiger partial charge in [0.25, 0.3) is 5.95 Å². The molecule has 2 rings (SSSR count). The van der Waals surface area contributed by atoms with Crippen molar-refractivity contribution < 1.29 is 4.74 Å². The number of nitrogens with two attached hydrogens (primary N) is 1. The number of nitrogens with one attached hydrogen (secondary N) is 1. The van der Waals surface area contributed by atoms with Crippen LogP contribution in [0.2, 0.25) is 0 Å². The second-order valence-corrected chi connectivity index (χ2v) is 5.71. The topological polar surface area (TPSA) is 93.6 Å². The number of alkyl halides is 2. The highest BCUT2D eigenvalue weighted by Gasteiger charge is 2.12. The van der Waals surface area contributed by atoms with Crippen molar-refractivity contribution in [3.05, 3.63) is 30.1 Å². The summed E-state index contributed by atoms with van der Waals surface area (Å²) in [6, 6.07) is 5.81. The molecule has 0 fully saturated rings. The Balaban J connectivity index is 0.00000338. The molecule has 0 aliphatic rings. The molecular formula is C15H22Cl3N7O. The van der Waals surface area contributed by atoms with Crippen LogP contribution < -0.4 is 20.9 Å². The van der Waals surface area contributed by atoms with E-state index in [0.29, 0.717) is 37.4 Å². The fourth-order valence-corrected chi connectivity index (χ4v) is 2.60. The Kier molecular flexibility index (Phi) is 9.93. The highest BCUT2D eigenvalue weighted by atomic mass is 35.5. The second kappa shape index (κ2) is 11.7. The Morgan fingerprint density at radius 1 is 1.35 bits per heavy atom. The number of nitrogens with zero attached hydrogens (tertiary/aromatic N) is 5. The standard InChI is InChI=1S/C15H21Cl2N7O.ClH/c1-2-25-14-9-12(10-19-21-15-22-20-11-24(15)18)3-4-13(14)23(7-5-16)8-6-17;/h3-4,9-11H,2,5-8,18H2,1H3,(H,21,22);1H. The molecule has 3 N–H and O–H groups in total. The van der Waals surface area contributed by atoms with Crippen molar-refractivity contribution in [1.29, 1.82) is 0 Å². The minimum atomic E-state index is 0. The van der Waals surface area contributed by atoms with E-state index in [4.69, 9.17) is 33.8 Å². The number of benzene rings is 1. The van der Waals surface area contributed by atoms with E-state index in [1.165, 1.54) is 11.0 Å². The normalized spacial score (nSPS) is 10.6. The van der Waals surface area contributed by atoms with Crippen LogP contribution in [0.4, 0.5) is 11.6 Å². The van der Waals surface area contributed by atoms with Crippen LogP contribution in [0.3, 0.4) is 0 Å². The molecule has 0 radical (unpaired) electrons. The molecule has 0 unspecified atom stereocenters. The molecule has 8 nitrogen and oxygen atoms in total. The zero-order chi connectivity index (χ0) is 18.1. The summed E-state index contributed by atoms with van der Waals surface area (Å²) in [4.78, 5) is 2.10. The first-order valence-corrected chi connectivity index (χ1v) is 8.84. The summed E-state index contributed by atoms with van der Waals surface area (Å²) in [5.74, 6) is 7.71. The maximum Gasteiger partial charge on any atom is 0.263 e. The van der Waals surface area contributed by atoms with Gasteiger partial charge in [-0.05, 0) is 24.6 Å². The molecule has 144 valence electrons. The van der Waals surface area contributed by atoms with Crippen LogP contribution in [0.15, 0.2) is 29.6 Å². The predicted molar refractivity (Wildman–Crippen MR) is 110 cm³/mol. The quantitative estimate of drug-likeness (QED) is 0.264. The first-order chi connectivity index (χ1) is 12.2. The lowest BCUT2D eigenvalue weighted by Gasteiger charge is -2.25. The molecular weight excluding hydrogens is 401 g/mol. The van der Waals surface area contributed by atoms with Gasteiger partial charge in [0.2, 0.25) is 0 Å². The number of hydrogen-bond donors (Lipinski definition) is 2. The molecule has 0 spiro atoms. The van der Waals surface area contributed by atoms with Gasteiger partial charge in [0.15, 0.2) is 0 Å². The molecule has 0 saturated carbocycles. The second-order valence-electron chi connectivity index (χ2n) is 4.96. The van der Waals surface area contributed by atoms with Crippen molar-refractivity contribution in [2.75, 3.05) is 47.6 Å². The minimum absolute atomic E-state index is 0. The smallest absolute Gasteiger partial charge is 0.263 e. The minimum Gasteiger partial charge on any atom is -0.492 e. The SMILES string of the molecule is CCOc1cc(C=NNc2nncn2N)ccc1N(CCCl)CCCl.Cl. The van der Waals surface area contributed by atoms with E-state index in [9.17, 15) is 0 Å². The third-order valence-electron chi connectivity index (χ3n) is 3.28. The van der Waals surface area contributed by atoms with Crippen molar-refractivity contribution in [2.45, 2.75) is 6.92 Å². The molecule has 0 amide bonds. The van der Waals surface area contributed by atoms with Gasteiger partial charge < -0.3 is 15.5 Å². The van der Waals surface area contributed by atoms with E-state index in [2.05, 4.69) is 25.6 Å². The summed E-state index contributed by atoms with van der Waals surface area (Å²) < 4.78 is 7.00. The number of halogens is 3. The fraction of sp³-hybridized carbons (Fsp3) is 0.400. The molecule has 0 atom stereocenters. The fourth-order valence-electron chi connectivity index (χ4n) is 2.19. The lowest BCUT2D eigenvalue weighted by molar-refractivity contribution is 0.340. The van der Waals surface area contributed by atoms with Crippen molar-refractivity contribution in [3.63, 3.8) is 0 Å². The van der Waals surface area contributed by atoms with E-state index in [1.807, 2.05) is 25.1 Å². The van der Waals surface area contributed by atoms with E-state index >= 15 is 0 Å². The molecule has 1 aromatic carbocycles. The number of hydrazone groups is 1. The average Bonchev–Trinajstić information content (AvgIpc) is 3.01. The van der Waals surface area contributed by atoms with E-state index in [0.717, 1.165) is 17.0 Å². The highest BCUT2D eigenvalue weighted by molar-refractivity contribution is 6.18. The summed E-state index contributed by atoms with van der Waals surface area (Å²) in [7, 11) is 0. The zero-order valence-electron chi connectivity index (χ0n) is 14.3. The summed E-state index contributed by atoms with van der Waals surface area (Å²) in [5, 5.41) is 11.5. The molecule has 0 saturated heterocycles. The van der Waals surface area contributed by atoms with E-state index in [-0.39, 0.29) is 12.4 Å². The van der Waals surface area contributed by atoms with Gasteiger partial charge >= 0.3 is 0 Å². The third kappa shape index (κ3) is 6.12. The highest BCUT2D eigenvalue weighted by Crippen LogP contribution is 2.29. The largest absolute Gasteiger partial charge is 0.492 e. The molecule has 0 aliphatic heterocycles. The summed E-state index contributed by atoms with van der Waals surface area (Å²) >= 11 is 11.8. The number of ether oxygens (including phenoxy) is 1. The van der Waals surface area contributed by atoms with Gasteiger partial charge in [-0.3, -0.25) is 0 Å². The number of hydrogen-bond acceptors (Lipinski definition) is 7. The van der Waals surface area contributed by atoms with Gasteiger partial charge in [-0.2, -0.15) is 5.10 Å². The Morgan fingerprint density at radius 2 is 2.08 bits per heavy atom. The molecule has 11 heteroatoms. The number of aromatic nitrogens is 3. The van der Waals surface area contributed by atoms with Crippen LogP contribution in [0, 0.1) is 0 Å². The van der Waals surface area contributed by atoms with Crippen LogP contribution in [0.5, 0.6) is 5.75 Å². The van der Waals surface area contributed by atoms with Gasteiger partial charge in [-0.15, -0.1) is 45.8 Å². The Labute approximate surface area is 168 Å². The Morgan fingerprint density at radius 3 is 2.65 bits per heavy atom. The first-order valence-electron chi connectivity index (χ1n) is 7.77. The number of anilines is 2. The lowest BCUT2D eigenvalue weighted by Crippen LogP contribution is -2.28. The number of rotatable bonds is 10. The molecule has 1 aromatic heterocycles.